The van der Waals surface area contributed by atoms with Gasteiger partial charge < -0.3 is 16.4 Å². The number of anilines is 1. The Labute approximate surface area is 174 Å². The predicted octanol–water partition coefficient (Wildman–Crippen LogP) is -0.0559. The minimum atomic E-state index is -0.801. The highest BCUT2D eigenvalue weighted by Gasteiger charge is 2.43. The van der Waals surface area contributed by atoms with Crippen molar-refractivity contribution in [2.45, 2.75) is 57.7 Å². The average molecular weight is 414 g/mol. The summed E-state index contributed by atoms with van der Waals surface area (Å²) >= 11 is 0. The van der Waals surface area contributed by atoms with Gasteiger partial charge in [0, 0.05) is 19.6 Å². The number of benzene rings is 1. The van der Waals surface area contributed by atoms with Crippen LogP contribution >= 0.6 is 0 Å². The SMILES string of the molecule is CC[C@@H](/C=N\NC(N)=O)NC(=O)[C@@H]1Cc2cccc3c2N1C(=O)[C@@H](NC(C)=O)CC3. The quantitative estimate of drug-likeness (QED) is 0.382. The van der Waals surface area contributed by atoms with Crippen LogP contribution in [0.25, 0.3) is 0 Å². The van der Waals surface area contributed by atoms with Gasteiger partial charge in [-0.25, -0.2) is 10.2 Å². The van der Waals surface area contributed by atoms with Crippen LogP contribution in [-0.2, 0) is 27.2 Å². The van der Waals surface area contributed by atoms with Crippen molar-refractivity contribution in [2.75, 3.05) is 4.90 Å². The average Bonchev–Trinajstić information content (AvgIpc) is 3.03. The number of primary amides is 1. The third-order valence-electron chi connectivity index (χ3n) is 5.28. The number of urea groups is 1. The maximum atomic E-state index is 13.3. The fourth-order valence-electron chi connectivity index (χ4n) is 3.93. The van der Waals surface area contributed by atoms with Crippen LogP contribution in [0.2, 0.25) is 0 Å². The van der Waals surface area contributed by atoms with Gasteiger partial charge in [0.2, 0.25) is 17.7 Å². The maximum Gasteiger partial charge on any atom is 0.332 e. The highest BCUT2D eigenvalue weighted by atomic mass is 16.2. The Morgan fingerprint density at radius 1 is 1.33 bits per heavy atom. The molecule has 0 bridgehead atoms. The number of hydrogen-bond acceptors (Lipinski definition) is 5. The van der Waals surface area contributed by atoms with Gasteiger partial charge in [-0.2, -0.15) is 5.10 Å². The van der Waals surface area contributed by atoms with Crippen molar-refractivity contribution in [3.63, 3.8) is 0 Å². The molecular formula is C20H26N6O4. The predicted molar refractivity (Wildman–Crippen MR) is 111 cm³/mol. The number of hydrogen-bond donors (Lipinski definition) is 4. The summed E-state index contributed by atoms with van der Waals surface area (Å²) in [5.41, 5.74) is 9.77. The van der Waals surface area contributed by atoms with Crippen molar-refractivity contribution in [1.29, 1.82) is 0 Å². The van der Waals surface area contributed by atoms with Crippen LogP contribution < -0.4 is 26.7 Å². The van der Waals surface area contributed by atoms with E-state index in [-0.39, 0.29) is 17.7 Å². The molecule has 1 aromatic carbocycles. The Morgan fingerprint density at radius 2 is 2.07 bits per heavy atom. The fraction of sp³-hybridized carbons (Fsp3) is 0.450. The van der Waals surface area contributed by atoms with E-state index in [4.69, 9.17) is 5.73 Å². The zero-order chi connectivity index (χ0) is 21.8. The van der Waals surface area contributed by atoms with Crippen LogP contribution in [-0.4, -0.2) is 48.1 Å². The topological polar surface area (TPSA) is 146 Å². The maximum absolute atomic E-state index is 13.3. The lowest BCUT2D eigenvalue weighted by molar-refractivity contribution is -0.129. The molecule has 0 fully saturated rings. The molecule has 10 nitrogen and oxygen atoms in total. The number of hydrazone groups is 1. The lowest BCUT2D eigenvalue weighted by Crippen LogP contribution is -2.55. The first kappa shape index (κ1) is 21.3. The highest BCUT2D eigenvalue weighted by molar-refractivity contribution is 6.08. The standard InChI is InChI=1S/C20H26N6O4/c1-3-14(10-22-25-20(21)30)24-18(28)16-9-13-6-4-5-12-7-8-15(23-11(2)27)19(29)26(16)17(12)13/h4-6,10,14-16H,3,7-9H2,1-2H3,(H,23,27)(H,24,28)(H3,21,25,30)/b22-10-/t14-,15-,16-/m0/s1. The summed E-state index contributed by atoms with van der Waals surface area (Å²) in [5, 5.41) is 9.28. The minimum Gasteiger partial charge on any atom is -0.350 e. The number of carbonyl (C=O) groups is 4. The van der Waals surface area contributed by atoms with Crippen LogP contribution in [0.3, 0.4) is 0 Å². The Kier molecular flexibility index (Phi) is 6.34. The molecule has 2 aliphatic heterocycles. The molecule has 3 atom stereocenters. The number of nitrogens with zero attached hydrogens (tertiary/aromatic N) is 2. The van der Waals surface area contributed by atoms with Crippen molar-refractivity contribution in [3.8, 4) is 0 Å². The second-order valence-electron chi connectivity index (χ2n) is 7.42. The highest BCUT2D eigenvalue weighted by Crippen LogP contribution is 2.39. The molecule has 160 valence electrons. The van der Waals surface area contributed by atoms with E-state index in [1.54, 1.807) is 0 Å². The molecule has 1 aromatic rings. The molecule has 2 heterocycles. The zero-order valence-corrected chi connectivity index (χ0v) is 17.0. The van der Waals surface area contributed by atoms with E-state index in [1.165, 1.54) is 18.0 Å². The summed E-state index contributed by atoms with van der Waals surface area (Å²) in [6.07, 6.45) is 3.42. The van der Waals surface area contributed by atoms with Crippen LogP contribution in [0.5, 0.6) is 0 Å². The van der Waals surface area contributed by atoms with E-state index < -0.39 is 24.2 Å². The van der Waals surface area contributed by atoms with Crippen molar-refractivity contribution in [2.24, 2.45) is 10.8 Å². The van der Waals surface area contributed by atoms with Gasteiger partial charge in [-0.15, -0.1) is 0 Å². The minimum absolute atomic E-state index is 0.286. The summed E-state index contributed by atoms with van der Waals surface area (Å²) < 4.78 is 0. The molecule has 0 aliphatic carbocycles. The van der Waals surface area contributed by atoms with E-state index in [1.807, 2.05) is 25.1 Å². The molecule has 3 rings (SSSR count). The second-order valence-corrected chi connectivity index (χ2v) is 7.42. The molecule has 10 heteroatoms. The van der Waals surface area contributed by atoms with Gasteiger partial charge in [0.05, 0.1) is 11.7 Å². The zero-order valence-electron chi connectivity index (χ0n) is 17.0. The fourth-order valence-corrected chi connectivity index (χ4v) is 3.93. The van der Waals surface area contributed by atoms with Gasteiger partial charge in [0.15, 0.2) is 0 Å². The third kappa shape index (κ3) is 4.42. The first-order valence-corrected chi connectivity index (χ1v) is 9.91. The summed E-state index contributed by atoms with van der Waals surface area (Å²) in [5.74, 6) is -0.901. The molecule has 0 saturated carbocycles. The lowest BCUT2D eigenvalue weighted by atomic mass is 10.0. The number of nitrogens with one attached hydrogen (secondary N) is 3. The number of amides is 5. The van der Waals surface area contributed by atoms with Crippen LogP contribution in [0.4, 0.5) is 10.5 Å². The normalized spacial score (nSPS) is 21.0. The van der Waals surface area contributed by atoms with E-state index in [9.17, 15) is 19.2 Å². The number of nitrogens with two attached hydrogens (primary N) is 1. The van der Waals surface area contributed by atoms with Crippen molar-refractivity contribution >= 4 is 35.7 Å². The van der Waals surface area contributed by atoms with Gasteiger partial charge >= 0.3 is 6.03 Å². The van der Waals surface area contributed by atoms with E-state index in [0.717, 1.165) is 16.8 Å². The van der Waals surface area contributed by atoms with Crippen molar-refractivity contribution in [1.82, 2.24) is 16.1 Å². The van der Waals surface area contributed by atoms with Crippen molar-refractivity contribution < 1.29 is 19.2 Å². The lowest BCUT2D eigenvalue weighted by Gasteiger charge is -2.28. The van der Waals surface area contributed by atoms with E-state index >= 15 is 0 Å². The van der Waals surface area contributed by atoms with Crippen molar-refractivity contribution in [3.05, 3.63) is 29.3 Å². The second kappa shape index (κ2) is 8.93. The van der Waals surface area contributed by atoms with Gasteiger partial charge in [-0.05, 0) is 30.4 Å². The summed E-state index contributed by atoms with van der Waals surface area (Å²) in [6.45, 7) is 3.23. The molecule has 0 spiro atoms. The number of aryl methyl sites for hydroxylation is 1. The summed E-state index contributed by atoms with van der Waals surface area (Å²) in [7, 11) is 0. The number of para-hydroxylation sites is 1. The molecule has 0 saturated heterocycles. The first-order valence-electron chi connectivity index (χ1n) is 9.91. The largest absolute Gasteiger partial charge is 0.350 e. The van der Waals surface area contributed by atoms with E-state index in [2.05, 4.69) is 21.2 Å². The summed E-state index contributed by atoms with van der Waals surface area (Å²) in [4.78, 5) is 50.2. The molecule has 0 unspecified atom stereocenters. The van der Waals surface area contributed by atoms with Gasteiger partial charge in [-0.3, -0.25) is 19.3 Å². The monoisotopic (exact) mass is 414 g/mol. The number of rotatable bonds is 6. The van der Waals surface area contributed by atoms with Crippen LogP contribution in [0, 0.1) is 0 Å². The van der Waals surface area contributed by atoms with Crippen LogP contribution in [0.1, 0.15) is 37.8 Å². The Hall–Kier alpha value is -3.43. The molecule has 0 radical (unpaired) electrons. The van der Waals surface area contributed by atoms with Crippen LogP contribution in [0.15, 0.2) is 23.3 Å². The van der Waals surface area contributed by atoms with Gasteiger partial charge in [0.1, 0.15) is 12.1 Å². The number of carbonyl (C=O) groups excluding carboxylic acids is 4. The van der Waals surface area contributed by atoms with Gasteiger partial charge in [-0.1, -0.05) is 25.1 Å². The molecule has 5 N–H and O–H groups in total. The smallest absolute Gasteiger partial charge is 0.332 e. The Bertz CT molecular complexity index is 899. The summed E-state index contributed by atoms with van der Waals surface area (Å²) in [6, 6.07) is 3.14. The molecule has 5 amide bonds. The Morgan fingerprint density at radius 3 is 2.73 bits per heavy atom. The first-order chi connectivity index (χ1) is 14.3. The molecular weight excluding hydrogens is 388 g/mol. The molecule has 0 aromatic heterocycles. The molecule has 2 aliphatic rings. The van der Waals surface area contributed by atoms with Gasteiger partial charge in [0.25, 0.3) is 0 Å². The third-order valence-corrected chi connectivity index (χ3v) is 5.28. The Balaban J connectivity index is 1.85. The molecule has 30 heavy (non-hydrogen) atoms. The van der Waals surface area contributed by atoms with E-state index in [0.29, 0.717) is 25.7 Å².